The number of benzene rings is 1. The van der Waals surface area contributed by atoms with Gasteiger partial charge >= 0.3 is 0 Å². The number of guanidine groups is 1. The molecule has 1 saturated carbocycles. The predicted molar refractivity (Wildman–Crippen MR) is 100 cm³/mol. The number of rotatable bonds is 6. The standard InChI is InChI=1S/C19H30N4O/c1-14(2)11-18(24)22-17-10-6-7-15(12-17)13-21-19(20-3)23-16-8-4-5-9-16/h6-7,10,12,14,16H,4-5,8-9,11,13H2,1-3H3,(H,22,24)(H2,20,21,23). The maximum atomic E-state index is 11.9. The average molecular weight is 330 g/mol. The van der Waals surface area contributed by atoms with Gasteiger partial charge in [-0.3, -0.25) is 9.79 Å². The van der Waals surface area contributed by atoms with Gasteiger partial charge in [0.15, 0.2) is 5.96 Å². The Hall–Kier alpha value is -2.04. The molecular weight excluding hydrogens is 300 g/mol. The van der Waals surface area contributed by atoms with Crippen LogP contribution < -0.4 is 16.0 Å². The van der Waals surface area contributed by atoms with Gasteiger partial charge in [0.1, 0.15) is 0 Å². The zero-order valence-electron chi connectivity index (χ0n) is 15.1. The minimum Gasteiger partial charge on any atom is -0.354 e. The smallest absolute Gasteiger partial charge is 0.224 e. The summed E-state index contributed by atoms with van der Waals surface area (Å²) in [5.41, 5.74) is 1.96. The third-order valence-electron chi connectivity index (χ3n) is 4.18. The summed E-state index contributed by atoms with van der Waals surface area (Å²) in [6.07, 6.45) is 5.58. The van der Waals surface area contributed by atoms with Gasteiger partial charge in [0.25, 0.3) is 0 Å². The molecule has 0 aromatic heterocycles. The van der Waals surface area contributed by atoms with Crippen LogP contribution in [0, 0.1) is 5.92 Å². The summed E-state index contributed by atoms with van der Waals surface area (Å²) < 4.78 is 0. The third kappa shape index (κ3) is 6.22. The highest BCUT2D eigenvalue weighted by molar-refractivity contribution is 5.90. The first-order valence-electron chi connectivity index (χ1n) is 8.93. The fraction of sp³-hybridized carbons (Fsp3) is 0.579. The third-order valence-corrected chi connectivity index (χ3v) is 4.18. The molecule has 0 atom stereocenters. The Morgan fingerprint density at radius 1 is 1.29 bits per heavy atom. The number of nitrogens with zero attached hydrogens (tertiary/aromatic N) is 1. The summed E-state index contributed by atoms with van der Waals surface area (Å²) in [7, 11) is 1.80. The molecule has 1 amide bonds. The summed E-state index contributed by atoms with van der Waals surface area (Å²) >= 11 is 0. The van der Waals surface area contributed by atoms with Crippen molar-refractivity contribution in [3.63, 3.8) is 0 Å². The molecule has 24 heavy (non-hydrogen) atoms. The molecule has 1 fully saturated rings. The molecule has 1 aromatic carbocycles. The molecule has 0 unspecified atom stereocenters. The van der Waals surface area contributed by atoms with Crippen molar-refractivity contribution in [2.45, 2.75) is 58.5 Å². The normalized spacial score (nSPS) is 15.6. The Balaban J connectivity index is 1.85. The largest absolute Gasteiger partial charge is 0.354 e. The minimum atomic E-state index is 0.0637. The summed E-state index contributed by atoms with van der Waals surface area (Å²) in [5.74, 6) is 1.27. The number of nitrogens with one attached hydrogen (secondary N) is 3. The molecule has 0 spiro atoms. The topological polar surface area (TPSA) is 65.5 Å². The van der Waals surface area contributed by atoms with Gasteiger partial charge in [-0.05, 0) is 36.5 Å². The van der Waals surface area contributed by atoms with E-state index >= 15 is 0 Å². The molecule has 132 valence electrons. The van der Waals surface area contributed by atoms with Gasteiger partial charge in [-0.1, -0.05) is 38.8 Å². The van der Waals surface area contributed by atoms with E-state index in [1.807, 2.05) is 38.1 Å². The second-order valence-electron chi connectivity index (χ2n) is 6.90. The molecule has 0 heterocycles. The molecule has 0 saturated heterocycles. The van der Waals surface area contributed by atoms with E-state index in [9.17, 15) is 4.79 Å². The van der Waals surface area contributed by atoms with E-state index in [2.05, 4.69) is 20.9 Å². The zero-order chi connectivity index (χ0) is 17.4. The van der Waals surface area contributed by atoms with Gasteiger partial charge in [-0.15, -0.1) is 0 Å². The quantitative estimate of drug-likeness (QED) is 0.554. The molecule has 5 nitrogen and oxygen atoms in total. The minimum absolute atomic E-state index is 0.0637. The van der Waals surface area contributed by atoms with Crippen LogP contribution in [0.5, 0.6) is 0 Å². The van der Waals surface area contributed by atoms with Crippen LogP contribution in [0.15, 0.2) is 29.3 Å². The monoisotopic (exact) mass is 330 g/mol. The highest BCUT2D eigenvalue weighted by atomic mass is 16.1. The van der Waals surface area contributed by atoms with Crippen LogP contribution in [0.1, 0.15) is 51.5 Å². The van der Waals surface area contributed by atoms with Crippen molar-refractivity contribution < 1.29 is 4.79 Å². The van der Waals surface area contributed by atoms with Gasteiger partial charge in [-0.2, -0.15) is 0 Å². The molecule has 0 radical (unpaired) electrons. The van der Waals surface area contributed by atoms with Crippen LogP contribution in [0.4, 0.5) is 5.69 Å². The van der Waals surface area contributed by atoms with E-state index in [1.165, 1.54) is 25.7 Å². The van der Waals surface area contributed by atoms with Crippen LogP contribution in [-0.4, -0.2) is 25.0 Å². The maximum Gasteiger partial charge on any atom is 0.224 e. The molecule has 5 heteroatoms. The Bertz CT molecular complexity index is 562. The van der Waals surface area contributed by atoms with Gasteiger partial charge in [0.2, 0.25) is 5.91 Å². The lowest BCUT2D eigenvalue weighted by atomic mass is 10.1. The summed E-state index contributed by atoms with van der Waals surface area (Å²) in [5, 5.41) is 9.79. The first-order chi connectivity index (χ1) is 11.6. The first-order valence-corrected chi connectivity index (χ1v) is 8.93. The number of aliphatic imine (C=N–C) groups is 1. The number of anilines is 1. The molecule has 3 N–H and O–H groups in total. The highest BCUT2D eigenvalue weighted by Gasteiger charge is 2.15. The van der Waals surface area contributed by atoms with Crippen LogP contribution in [0.25, 0.3) is 0 Å². The van der Waals surface area contributed by atoms with Crippen molar-refractivity contribution in [1.29, 1.82) is 0 Å². The number of amides is 1. The molecule has 1 aliphatic rings. The summed E-state index contributed by atoms with van der Waals surface area (Å²) in [6, 6.07) is 8.49. The zero-order valence-corrected chi connectivity index (χ0v) is 15.1. The lowest BCUT2D eigenvalue weighted by molar-refractivity contribution is -0.116. The predicted octanol–water partition coefficient (Wildman–Crippen LogP) is 3.28. The van der Waals surface area contributed by atoms with E-state index < -0.39 is 0 Å². The van der Waals surface area contributed by atoms with Crippen molar-refractivity contribution in [2.24, 2.45) is 10.9 Å². The van der Waals surface area contributed by atoms with E-state index in [0.29, 0.717) is 24.9 Å². The fourth-order valence-electron chi connectivity index (χ4n) is 2.99. The SMILES string of the molecule is CN=C(NCc1cccc(NC(=O)CC(C)C)c1)NC1CCCC1. The Labute approximate surface area is 145 Å². The second-order valence-corrected chi connectivity index (χ2v) is 6.90. The molecule has 0 bridgehead atoms. The van der Waals surface area contributed by atoms with Gasteiger partial charge in [0.05, 0.1) is 0 Å². The van der Waals surface area contributed by atoms with Crippen molar-refractivity contribution in [1.82, 2.24) is 10.6 Å². The van der Waals surface area contributed by atoms with E-state index in [-0.39, 0.29) is 5.91 Å². The van der Waals surface area contributed by atoms with Crippen LogP contribution in [0.3, 0.4) is 0 Å². The number of carbonyl (C=O) groups is 1. The molecule has 0 aliphatic heterocycles. The Morgan fingerprint density at radius 2 is 2.04 bits per heavy atom. The lowest BCUT2D eigenvalue weighted by Crippen LogP contribution is -2.41. The van der Waals surface area contributed by atoms with Crippen LogP contribution in [0.2, 0.25) is 0 Å². The van der Waals surface area contributed by atoms with Crippen molar-refractivity contribution in [3.8, 4) is 0 Å². The van der Waals surface area contributed by atoms with Crippen LogP contribution in [-0.2, 0) is 11.3 Å². The Morgan fingerprint density at radius 3 is 2.71 bits per heavy atom. The van der Waals surface area contributed by atoms with Crippen molar-refractivity contribution in [3.05, 3.63) is 29.8 Å². The van der Waals surface area contributed by atoms with Gasteiger partial charge in [-0.25, -0.2) is 0 Å². The van der Waals surface area contributed by atoms with Crippen molar-refractivity contribution >= 4 is 17.6 Å². The molecule has 1 aromatic rings. The fourth-order valence-corrected chi connectivity index (χ4v) is 2.99. The molecule has 2 rings (SSSR count). The van der Waals surface area contributed by atoms with Crippen LogP contribution >= 0.6 is 0 Å². The number of carbonyl (C=O) groups excluding carboxylic acids is 1. The summed E-state index contributed by atoms with van der Waals surface area (Å²) in [4.78, 5) is 16.2. The second kappa shape index (κ2) is 9.30. The van der Waals surface area contributed by atoms with Crippen molar-refractivity contribution in [2.75, 3.05) is 12.4 Å². The summed E-state index contributed by atoms with van der Waals surface area (Å²) in [6.45, 7) is 4.77. The molecule has 1 aliphatic carbocycles. The van der Waals surface area contributed by atoms with Gasteiger partial charge < -0.3 is 16.0 Å². The van der Waals surface area contributed by atoms with E-state index in [4.69, 9.17) is 0 Å². The average Bonchev–Trinajstić information content (AvgIpc) is 3.04. The Kier molecular flexibility index (Phi) is 7.09. The maximum absolute atomic E-state index is 11.9. The molecular formula is C19H30N4O. The van der Waals surface area contributed by atoms with E-state index in [0.717, 1.165) is 17.2 Å². The first kappa shape index (κ1) is 18.3. The van der Waals surface area contributed by atoms with Gasteiger partial charge in [0, 0.05) is 31.7 Å². The van der Waals surface area contributed by atoms with E-state index in [1.54, 1.807) is 7.05 Å². The highest BCUT2D eigenvalue weighted by Crippen LogP contribution is 2.17. The number of hydrogen-bond donors (Lipinski definition) is 3. The lowest BCUT2D eigenvalue weighted by Gasteiger charge is -2.17. The number of hydrogen-bond acceptors (Lipinski definition) is 2.